The molecule has 1 atom stereocenters. The topological polar surface area (TPSA) is 67.9 Å². The van der Waals surface area contributed by atoms with E-state index in [9.17, 15) is 9.59 Å². The Balaban J connectivity index is 2.16. The standard InChI is InChI=1S/C24H32N2O4/c1-17-9-7-8-10-19(17)15-26(18(2)23(28)25-24(3,4)5)22(27)16-30-21-13-11-20(29-6)12-14-21/h7-14,18H,15-16H2,1-6H3,(H,25,28). The van der Waals surface area contributed by atoms with Crippen molar-refractivity contribution < 1.29 is 19.1 Å². The van der Waals surface area contributed by atoms with Crippen LogP contribution in [0.1, 0.15) is 38.8 Å². The number of hydrogen-bond donors (Lipinski definition) is 1. The van der Waals surface area contributed by atoms with Crippen molar-refractivity contribution >= 4 is 11.8 Å². The number of amides is 2. The van der Waals surface area contributed by atoms with Crippen LogP contribution >= 0.6 is 0 Å². The van der Waals surface area contributed by atoms with Crippen LogP contribution in [0.3, 0.4) is 0 Å². The van der Waals surface area contributed by atoms with E-state index in [-0.39, 0.29) is 24.0 Å². The molecular formula is C24H32N2O4. The van der Waals surface area contributed by atoms with E-state index in [1.54, 1.807) is 43.2 Å². The zero-order chi connectivity index (χ0) is 22.3. The predicted molar refractivity (Wildman–Crippen MR) is 118 cm³/mol. The SMILES string of the molecule is COc1ccc(OCC(=O)N(Cc2ccccc2C)C(C)C(=O)NC(C)(C)C)cc1. The maximum absolute atomic E-state index is 13.1. The number of hydrogen-bond acceptors (Lipinski definition) is 4. The average molecular weight is 413 g/mol. The number of carbonyl (C=O) groups excluding carboxylic acids is 2. The molecule has 2 amide bonds. The van der Waals surface area contributed by atoms with Crippen LogP contribution < -0.4 is 14.8 Å². The maximum atomic E-state index is 13.1. The van der Waals surface area contributed by atoms with Crippen molar-refractivity contribution in [1.29, 1.82) is 0 Å². The summed E-state index contributed by atoms with van der Waals surface area (Å²) in [5.74, 6) is 0.814. The summed E-state index contributed by atoms with van der Waals surface area (Å²) in [6, 6.07) is 14.2. The first kappa shape index (κ1) is 23.3. The summed E-state index contributed by atoms with van der Waals surface area (Å²) >= 11 is 0. The van der Waals surface area contributed by atoms with Crippen molar-refractivity contribution in [3.05, 3.63) is 59.7 Å². The van der Waals surface area contributed by atoms with Crippen LogP contribution in [0, 0.1) is 6.92 Å². The quantitative estimate of drug-likeness (QED) is 0.718. The third-order valence-electron chi connectivity index (χ3n) is 4.69. The highest BCUT2D eigenvalue weighted by atomic mass is 16.5. The number of nitrogens with one attached hydrogen (secondary N) is 1. The Bertz CT molecular complexity index is 856. The molecule has 1 N–H and O–H groups in total. The van der Waals surface area contributed by atoms with Crippen LogP contribution in [-0.2, 0) is 16.1 Å². The molecule has 1 unspecified atom stereocenters. The minimum absolute atomic E-state index is 0.161. The first-order valence-corrected chi connectivity index (χ1v) is 10.0. The van der Waals surface area contributed by atoms with Gasteiger partial charge in [-0.3, -0.25) is 9.59 Å². The lowest BCUT2D eigenvalue weighted by atomic mass is 10.1. The number of methoxy groups -OCH3 is 1. The molecule has 0 bridgehead atoms. The minimum atomic E-state index is -0.643. The van der Waals surface area contributed by atoms with Crippen molar-refractivity contribution in [2.75, 3.05) is 13.7 Å². The van der Waals surface area contributed by atoms with E-state index in [1.165, 1.54) is 0 Å². The molecule has 0 aliphatic rings. The molecule has 0 saturated carbocycles. The van der Waals surface area contributed by atoms with Crippen LogP contribution in [0.4, 0.5) is 0 Å². The largest absolute Gasteiger partial charge is 0.497 e. The molecule has 2 aromatic carbocycles. The fourth-order valence-corrected chi connectivity index (χ4v) is 2.93. The van der Waals surface area contributed by atoms with Gasteiger partial charge in [0.15, 0.2) is 6.61 Å². The Morgan fingerprint density at radius 2 is 1.63 bits per heavy atom. The molecule has 0 radical (unpaired) electrons. The first-order chi connectivity index (χ1) is 14.1. The number of rotatable bonds is 8. The van der Waals surface area contributed by atoms with Crippen LogP contribution in [0.25, 0.3) is 0 Å². The fourth-order valence-electron chi connectivity index (χ4n) is 2.93. The molecule has 2 aromatic rings. The number of benzene rings is 2. The molecule has 0 fully saturated rings. The first-order valence-electron chi connectivity index (χ1n) is 10.0. The van der Waals surface area contributed by atoms with Gasteiger partial charge in [0, 0.05) is 12.1 Å². The van der Waals surface area contributed by atoms with Crippen molar-refractivity contribution in [3.8, 4) is 11.5 Å². The van der Waals surface area contributed by atoms with Crippen molar-refractivity contribution in [1.82, 2.24) is 10.2 Å². The van der Waals surface area contributed by atoms with Gasteiger partial charge >= 0.3 is 0 Å². The van der Waals surface area contributed by atoms with E-state index >= 15 is 0 Å². The molecule has 0 aromatic heterocycles. The lowest BCUT2D eigenvalue weighted by molar-refractivity contribution is -0.142. The lowest BCUT2D eigenvalue weighted by Crippen LogP contribution is -2.53. The van der Waals surface area contributed by atoms with Crippen LogP contribution in [0.2, 0.25) is 0 Å². The molecule has 2 rings (SSSR count). The Labute approximate surface area is 179 Å². The second-order valence-electron chi connectivity index (χ2n) is 8.33. The van der Waals surface area contributed by atoms with Gasteiger partial charge in [0.2, 0.25) is 5.91 Å². The zero-order valence-corrected chi connectivity index (χ0v) is 18.7. The highest BCUT2D eigenvalue weighted by Crippen LogP contribution is 2.18. The molecule has 30 heavy (non-hydrogen) atoms. The van der Waals surface area contributed by atoms with Crippen LogP contribution in [-0.4, -0.2) is 42.0 Å². The molecular weight excluding hydrogens is 380 g/mol. The van der Waals surface area contributed by atoms with Gasteiger partial charge in [0.25, 0.3) is 5.91 Å². The fraction of sp³-hybridized carbons (Fsp3) is 0.417. The van der Waals surface area contributed by atoms with Gasteiger partial charge in [-0.05, 0) is 70.0 Å². The number of ether oxygens (including phenoxy) is 2. The van der Waals surface area contributed by atoms with Gasteiger partial charge < -0.3 is 19.7 Å². The molecule has 162 valence electrons. The molecule has 6 nitrogen and oxygen atoms in total. The Hall–Kier alpha value is -3.02. The van der Waals surface area contributed by atoms with E-state index in [0.717, 1.165) is 11.1 Å². The minimum Gasteiger partial charge on any atom is -0.497 e. The summed E-state index contributed by atoms with van der Waals surface area (Å²) in [5, 5.41) is 2.95. The number of aryl methyl sites for hydroxylation is 1. The van der Waals surface area contributed by atoms with E-state index in [2.05, 4.69) is 5.32 Å². The van der Waals surface area contributed by atoms with Gasteiger partial charge in [0.05, 0.1) is 7.11 Å². The second kappa shape index (κ2) is 10.1. The Kier molecular flexibility index (Phi) is 7.86. The third kappa shape index (κ3) is 6.79. The lowest BCUT2D eigenvalue weighted by Gasteiger charge is -2.31. The summed E-state index contributed by atoms with van der Waals surface area (Å²) in [6.45, 7) is 9.64. The second-order valence-corrected chi connectivity index (χ2v) is 8.33. The van der Waals surface area contributed by atoms with Gasteiger partial charge in [-0.1, -0.05) is 24.3 Å². The highest BCUT2D eigenvalue weighted by Gasteiger charge is 2.29. The molecule has 0 heterocycles. The smallest absolute Gasteiger partial charge is 0.261 e. The monoisotopic (exact) mass is 412 g/mol. The summed E-state index contributed by atoms with van der Waals surface area (Å²) in [7, 11) is 1.59. The molecule has 0 aliphatic carbocycles. The van der Waals surface area contributed by atoms with E-state index in [1.807, 2.05) is 52.0 Å². The summed E-state index contributed by atoms with van der Waals surface area (Å²) in [4.78, 5) is 27.4. The third-order valence-corrected chi connectivity index (χ3v) is 4.69. The van der Waals surface area contributed by atoms with Gasteiger partial charge in [-0.15, -0.1) is 0 Å². The Morgan fingerprint density at radius 3 is 2.20 bits per heavy atom. The molecule has 0 aliphatic heterocycles. The number of nitrogens with zero attached hydrogens (tertiary/aromatic N) is 1. The molecule has 0 saturated heterocycles. The number of carbonyl (C=O) groups is 2. The molecule has 6 heteroatoms. The van der Waals surface area contributed by atoms with Crippen molar-refractivity contribution in [3.63, 3.8) is 0 Å². The van der Waals surface area contributed by atoms with Crippen LogP contribution in [0.5, 0.6) is 11.5 Å². The van der Waals surface area contributed by atoms with Gasteiger partial charge in [-0.2, -0.15) is 0 Å². The zero-order valence-electron chi connectivity index (χ0n) is 18.7. The summed E-state index contributed by atoms with van der Waals surface area (Å²) in [5.41, 5.74) is 1.67. The van der Waals surface area contributed by atoms with E-state index in [0.29, 0.717) is 18.0 Å². The van der Waals surface area contributed by atoms with Crippen LogP contribution in [0.15, 0.2) is 48.5 Å². The van der Waals surface area contributed by atoms with Gasteiger partial charge in [-0.25, -0.2) is 0 Å². The summed E-state index contributed by atoms with van der Waals surface area (Å²) in [6.07, 6.45) is 0. The van der Waals surface area contributed by atoms with Crippen molar-refractivity contribution in [2.45, 2.75) is 52.7 Å². The normalized spacial score (nSPS) is 12.1. The van der Waals surface area contributed by atoms with Gasteiger partial charge in [0.1, 0.15) is 17.5 Å². The van der Waals surface area contributed by atoms with E-state index < -0.39 is 6.04 Å². The van der Waals surface area contributed by atoms with Crippen molar-refractivity contribution in [2.24, 2.45) is 0 Å². The van der Waals surface area contributed by atoms with E-state index in [4.69, 9.17) is 9.47 Å². The summed E-state index contributed by atoms with van der Waals surface area (Å²) < 4.78 is 10.8. The predicted octanol–water partition coefficient (Wildman–Crippen LogP) is 3.71. The highest BCUT2D eigenvalue weighted by molar-refractivity contribution is 5.88. The Morgan fingerprint density at radius 1 is 1.03 bits per heavy atom. The average Bonchev–Trinajstić information content (AvgIpc) is 2.70. The molecule has 0 spiro atoms. The maximum Gasteiger partial charge on any atom is 0.261 e.